The van der Waals surface area contributed by atoms with Gasteiger partial charge in [-0.05, 0) is 84.4 Å². The number of ether oxygens (including phenoxy) is 1. The zero-order chi connectivity index (χ0) is 29.0. The molecule has 1 aromatic heterocycles. The van der Waals surface area contributed by atoms with Gasteiger partial charge in [0.2, 0.25) is 0 Å². The Bertz CT molecular complexity index is 906. The van der Waals surface area contributed by atoms with E-state index in [1.165, 1.54) is 5.56 Å². The van der Waals surface area contributed by atoms with Crippen LogP contribution in [0.2, 0.25) is 0 Å². The number of hydrogen-bond acceptors (Lipinski definition) is 6. The second-order valence-corrected chi connectivity index (χ2v) is 10.5. The summed E-state index contributed by atoms with van der Waals surface area (Å²) in [5.74, 6) is -0.214. The van der Waals surface area contributed by atoms with Crippen LogP contribution in [0.1, 0.15) is 64.6 Å². The average Bonchev–Trinajstić information content (AvgIpc) is 2.84. The molecule has 12 heteroatoms. The maximum atomic E-state index is 12.7. The molecule has 0 spiro atoms. The van der Waals surface area contributed by atoms with E-state index in [-0.39, 0.29) is 38.2 Å². The maximum absolute atomic E-state index is 12.7. The fourth-order valence-electron chi connectivity index (χ4n) is 4.72. The van der Waals surface area contributed by atoms with E-state index in [9.17, 15) is 27.9 Å². The van der Waals surface area contributed by atoms with E-state index < -0.39 is 30.8 Å². The number of aromatic nitrogens is 1. The first-order valence-electron chi connectivity index (χ1n) is 13.8. The number of alkyl halides is 3. The number of halogens is 3. The molecular weight excluding hydrogens is 515 g/mol. The minimum atomic E-state index is -4.40. The zero-order valence-electron chi connectivity index (χ0n) is 23.5. The Hall–Kier alpha value is -2.60. The highest BCUT2D eigenvalue weighted by Gasteiger charge is 2.28. The number of unbranched alkanes of at least 4 members (excludes halogenated alkanes) is 1. The number of carboxylic acid groups (broad SMARTS) is 1. The average molecular weight is 560 g/mol. The minimum absolute atomic E-state index is 0.109. The van der Waals surface area contributed by atoms with Crippen LogP contribution in [0.25, 0.3) is 0 Å². The Morgan fingerprint density at radius 2 is 1.85 bits per heavy atom. The van der Waals surface area contributed by atoms with Gasteiger partial charge in [0.05, 0.1) is 6.61 Å². The standard InChI is InChI=1S/C27H44F3N5O4/c1-19(2)35(20(3)4)26(38)33-23(25(36)37)12-15-34(16-17-39-18-27(28,29)30)14-6-5-9-22-11-10-21-8-7-13-31-24(21)32-22/h10-11,19-20,23H,5-9,12-18H2,1-4H3,(H,31,32)(H,33,38)(H,36,37). The van der Waals surface area contributed by atoms with Gasteiger partial charge in [0.25, 0.3) is 0 Å². The number of pyridine rings is 1. The van der Waals surface area contributed by atoms with Gasteiger partial charge in [-0.1, -0.05) is 6.07 Å². The molecule has 0 fully saturated rings. The van der Waals surface area contributed by atoms with Crippen molar-refractivity contribution in [3.63, 3.8) is 0 Å². The highest BCUT2D eigenvalue weighted by molar-refractivity contribution is 5.82. The summed E-state index contributed by atoms with van der Waals surface area (Å²) < 4.78 is 42.2. The van der Waals surface area contributed by atoms with Gasteiger partial charge in [-0.2, -0.15) is 13.2 Å². The van der Waals surface area contributed by atoms with Crippen LogP contribution in [0.4, 0.5) is 23.8 Å². The summed E-state index contributed by atoms with van der Waals surface area (Å²) in [5, 5.41) is 15.6. The smallest absolute Gasteiger partial charge is 0.411 e. The van der Waals surface area contributed by atoms with Crippen molar-refractivity contribution in [1.29, 1.82) is 0 Å². The number of aryl methyl sites for hydroxylation is 2. The van der Waals surface area contributed by atoms with E-state index in [0.717, 1.165) is 50.2 Å². The Kier molecular flexibility index (Phi) is 13.3. The van der Waals surface area contributed by atoms with Crippen molar-refractivity contribution >= 4 is 17.8 Å². The van der Waals surface area contributed by atoms with Crippen LogP contribution in [0, 0.1) is 0 Å². The number of rotatable bonds is 16. The molecule has 1 aliphatic heterocycles. The molecule has 39 heavy (non-hydrogen) atoms. The van der Waals surface area contributed by atoms with Gasteiger partial charge in [-0.25, -0.2) is 14.6 Å². The first-order chi connectivity index (χ1) is 18.4. The Morgan fingerprint density at radius 3 is 2.49 bits per heavy atom. The Morgan fingerprint density at radius 1 is 1.13 bits per heavy atom. The Balaban J connectivity index is 1.92. The molecule has 1 aromatic rings. The summed E-state index contributed by atoms with van der Waals surface area (Å²) in [4.78, 5) is 32.8. The van der Waals surface area contributed by atoms with Gasteiger partial charge < -0.3 is 30.3 Å². The number of nitrogens with zero attached hydrogens (tertiary/aromatic N) is 3. The number of carbonyl (C=O) groups is 2. The quantitative estimate of drug-likeness (QED) is 0.259. The van der Waals surface area contributed by atoms with Gasteiger partial charge in [0.1, 0.15) is 18.5 Å². The van der Waals surface area contributed by atoms with Crippen LogP contribution >= 0.6 is 0 Å². The predicted molar refractivity (Wildman–Crippen MR) is 144 cm³/mol. The topological polar surface area (TPSA) is 107 Å². The van der Waals surface area contributed by atoms with Crippen LogP contribution in [-0.4, -0.2) is 95.6 Å². The third kappa shape index (κ3) is 12.0. The number of fused-ring (bicyclic) bond motifs is 1. The largest absolute Gasteiger partial charge is 0.480 e. The summed E-state index contributed by atoms with van der Waals surface area (Å²) in [6, 6.07) is 2.34. The van der Waals surface area contributed by atoms with Crippen LogP contribution in [-0.2, 0) is 22.4 Å². The number of urea groups is 1. The zero-order valence-corrected chi connectivity index (χ0v) is 23.5. The minimum Gasteiger partial charge on any atom is -0.480 e. The third-order valence-electron chi connectivity index (χ3n) is 6.60. The number of carbonyl (C=O) groups excluding carboxylic acids is 1. The molecule has 222 valence electrons. The number of carboxylic acids is 1. The van der Waals surface area contributed by atoms with E-state index >= 15 is 0 Å². The third-order valence-corrected chi connectivity index (χ3v) is 6.60. The lowest BCUT2D eigenvalue weighted by atomic mass is 10.1. The summed E-state index contributed by atoms with van der Waals surface area (Å²) in [7, 11) is 0. The summed E-state index contributed by atoms with van der Waals surface area (Å²) in [6.07, 6.45) is 0.164. The molecule has 0 aliphatic carbocycles. The fraction of sp³-hybridized carbons (Fsp3) is 0.741. The summed E-state index contributed by atoms with van der Waals surface area (Å²) in [5.41, 5.74) is 2.21. The number of aliphatic carboxylic acids is 1. The van der Waals surface area contributed by atoms with Crippen molar-refractivity contribution in [2.75, 3.05) is 44.7 Å². The first-order valence-corrected chi connectivity index (χ1v) is 13.8. The first kappa shape index (κ1) is 32.6. The molecular formula is C27H44F3N5O4. The lowest BCUT2D eigenvalue weighted by Gasteiger charge is -2.32. The molecule has 0 saturated carbocycles. The Labute approximate surface area is 229 Å². The van der Waals surface area contributed by atoms with Gasteiger partial charge in [0.15, 0.2) is 0 Å². The molecule has 0 radical (unpaired) electrons. The second-order valence-electron chi connectivity index (χ2n) is 10.5. The van der Waals surface area contributed by atoms with Crippen molar-refractivity contribution in [2.45, 2.75) is 90.5 Å². The second kappa shape index (κ2) is 15.9. The molecule has 2 heterocycles. The van der Waals surface area contributed by atoms with Crippen LogP contribution < -0.4 is 10.6 Å². The molecule has 1 unspecified atom stereocenters. The van der Waals surface area contributed by atoms with Crippen molar-refractivity contribution in [2.24, 2.45) is 0 Å². The van der Waals surface area contributed by atoms with Crippen molar-refractivity contribution in [3.05, 3.63) is 23.4 Å². The molecule has 0 aromatic carbocycles. The maximum Gasteiger partial charge on any atom is 0.411 e. The molecule has 0 saturated heterocycles. The highest BCUT2D eigenvalue weighted by Crippen LogP contribution is 2.20. The van der Waals surface area contributed by atoms with Crippen molar-refractivity contribution < 1.29 is 32.6 Å². The van der Waals surface area contributed by atoms with Crippen LogP contribution in [0.15, 0.2) is 12.1 Å². The SMILES string of the molecule is CC(C)N(C(=O)NC(CCN(CCCCc1ccc2c(n1)NCCC2)CCOCC(F)(F)F)C(=O)O)C(C)C. The number of hydrogen-bond donors (Lipinski definition) is 3. The molecule has 3 N–H and O–H groups in total. The van der Waals surface area contributed by atoms with Crippen LogP contribution in [0.3, 0.4) is 0 Å². The van der Waals surface area contributed by atoms with Crippen LogP contribution in [0.5, 0.6) is 0 Å². The molecule has 1 aliphatic rings. The molecule has 2 amide bonds. The highest BCUT2D eigenvalue weighted by atomic mass is 19.4. The molecule has 1 atom stereocenters. The van der Waals surface area contributed by atoms with Gasteiger partial charge >= 0.3 is 18.2 Å². The molecule has 2 rings (SSSR count). The monoisotopic (exact) mass is 559 g/mol. The van der Waals surface area contributed by atoms with E-state index in [0.29, 0.717) is 6.54 Å². The molecule has 9 nitrogen and oxygen atoms in total. The lowest BCUT2D eigenvalue weighted by molar-refractivity contribution is -0.174. The summed E-state index contributed by atoms with van der Waals surface area (Å²) in [6.45, 7) is 7.95. The summed E-state index contributed by atoms with van der Waals surface area (Å²) >= 11 is 0. The van der Waals surface area contributed by atoms with E-state index in [4.69, 9.17) is 9.72 Å². The van der Waals surface area contributed by atoms with Crippen molar-refractivity contribution in [1.82, 2.24) is 20.1 Å². The van der Waals surface area contributed by atoms with E-state index in [1.807, 2.05) is 38.7 Å². The predicted octanol–water partition coefficient (Wildman–Crippen LogP) is 4.32. The normalized spacial score (nSPS) is 14.3. The number of nitrogens with one attached hydrogen (secondary N) is 2. The van der Waals surface area contributed by atoms with Crippen molar-refractivity contribution in [3.8, 4) is 0 Å². The number of amides is 2. The van der Waals surface area contributed by atoms with Gasteiger partial charge in [0, 0.05) is 37.4 Å². The van der Waals surface area contributed by atoms with Gasteiger partial charge in [-0.3, -0.25) is 0 Å². The molecule has 0 bridgehead atoms. The van der Waals surface area contributed by atoms with Gasteiger partial charge in [-0.15, -0.1) is 0 Å². The van der Waals surface area contributed by atoms with E-state index in [1.54, 1.807) is 4.90 Å². The lowest BCUT2D eigenvalue weighted by Crippen LogP contribution is -2.53. The number of anilines is 1. The fourth-order valence-corrected chi connectivity index (χ4v) is 4.72. The van der Waals surface area contributed by atoms with E-state index in [2.05, 4.69) is 16.7 Å².